The van der Waals surface area contributed by atoms with Crippen LogP contribution in [0.4, 0.5) is 11.4 Å². The van der Waals surface area contributed by atoms with Crippen LogP contribution in [-0.4, -0.2) is 36.6 Å². The number of nitrogens with one attached hydrogen (secondary N) is 2. The third kappa shape index (κ3) is 4.49. The normalized spacial score (nSPS) is 13.1. The van der Waals surface area contributed by atoms with E-state index in [0.717, 1.165) is 10.6 Å². The number of benzene rings is 2. The van der Waals surface area contributed by atoms with Gasteiger partial charge in [0.15, 0.2) is 0 Å². The second-order valence-corrected chi connectivity index (χ2v) is 7.02. The van der Waals surface area contributed by atoms with Crippen LogP contribution in [0.25, 0.3) is 0 Å². The maximum atomic E-state index is 12.4. The van der Waals surface area contributed by atoms with Crippen LogP contribution in [0.5, 0.6) is 0 Å². The molecule has 1 aliphatic rings. The summed E-state index contributed by atoms with van der Waals surface area (Å²) in [7, 11) is 0. The zero-order valence-corrected chi connectivity index (χ0v) is 15.8. The SMILES string of the molecule is CCNC(=O)c1ccccc1NC(=O)CCN1C(=O)CSc2ccccc21. The minimum absolute atomic E-state index is 0.00535. The maximum absolute atomic E-state index is 12.4. The molecule has 0 saturated carbocycles. The standard InChI is InChI=1S/C20H21N3O3S/c1-2-21-20(26)14-7-3-4-8-15(14)22-18(24)11-12-23-16-9-5-6-10-17(16)27-13-19(23)25/h3-10H,2,11-13H2,1H3,(H,21,26)(H,22,24). The number of carbonyl (C=O) groups is 3. The number of rotatable bonds is 6. The molecule has 0 aromatic heterocycles. The van der Waals surface area contributed by atoms with Crippen LogP contribution in [0.3, 0.4) is 0 Å². The molecule has 0 fully saturated rings. The average Bonchev–Trinajstić information content (AvgIpc) is 2.68. The van der Waals surface area contributed by atoms with Crippen LogP contribution < -0.4 is 15.5 Å². The Morgan fingerprint density at radius 2 is 1.85 bits per heavy atom. The van der Waals surface area contributed by atoms with E-state index in [1.54, 1.807) is 29.2 Å². The Kier molecular flexibility index (Phi) is 6.13. The Morgan fingerprint density at radius 3 is 2.67 bits per heavy atom. The van der Waals surface area contributed by atoms with Gasteiger partial charge in [-0.05, 0) is 31.2 Å². The molecule has 2 N–H and O–H groups in total. The van der Waals surface area contributed by atoms with Crippen LogP contribution >= 0.6 is 11.8 Å². The van der Waals surface area contributed by atoms with Crippen molar-refractivity contribution in [1.82, 2.24) is 5.32 Å². The monoisotopic (exact) mass is 383 g/mol. The summed E-state index contributed by atoms with van der Waals surface area (Å²) in [5.41, 5.74) is 1.73. The van der Waals surface area contributed by atoms with Gasteiger partial charge in [-0.1, -0.05) is 24.3 Å². The molecule has 7 heteroatoms. The van der Waals surface area contributed by atoms with Gasteiger partial charge in [0.05, 0.1) is 22.7 Å². The Morgan fingerprint density at radius 1 is 1.11 bits per heavy atom. The van der Waals surface area contributed by atoms with E-state index >= 15 is 0 Å². The van der Waals surface area contributed by atoms with Gasteiger partial charge in [0.1, 0.15) is 0 Å². The molecular weight excluding hydrogens is 362 g/mol. The van der Waals surface area contributed by atoms with Gasteiger partial charge < -0.3 is 15.5 Å². The fraction of sp³-hybridized carbons (Fsp3) is 0.250. The van der Waals surface area contributed by atoms with Gasteiger partial charge >= 0.3 is 0 Å². The van der Waals surface area contributed by atoms with Crippen molar-refractivity contribution >= 4 is 40.9 Å². The molecular formula is C20H21N3O3S. The molecule has 1 heterocycles. The molecule has 6 nitrogen and oxygen atoms in total. The lowest BCUT2D eigenvalue weighted by Crippen LogP contribution is -2.37. The summed E-state index contributed by atoms with van der Waals surface area (Å²) >= 11 is 1.51. The lowest BCUT2D eigenvalue weighted by Gasteiger charge is -2.28. The largest absolute Gasteiger partial charge is 0.352 e. The average molecular weight is 383 g/mol. The van der Waals surface area contributed by atoms with Crippen LogP contribution in [-0.2, 0) is 9.59 Å². The number of hydrogen-bond acceptors (Lipinski definition) is 4. The predicted octanol–water partition coefficient (Wildman–Crippen LogP) is 2.90. The highest BCUT2D eigenvalue weighted by molar-refractivity contribution is 8.00. The highest BCUT2D eigenvalue weighted by Crippen LogP contribution is 2.34. The lowest BCUT2D eigenvalue weighted by molar-refractivity contribution is -0.117. The van der Waals surface area contributed by atoms with Crippen molar-refractivity contribution in [1.29, 1.82) is 0 Å². The first-order chi connectivity index (χ1) is 13.1. The fourth-order valence-electron chi connectivity index (χ4n) is 2.87. The summed E-state index contributed by atoms with van der Waals surface area (Å²) in [5.74, 6) is -0.103. The molecule has 2 aromatic carbocycles. The first kappa shape index (κ1) is 19.0. The molecule has 0 spiro atoms. The van der Waals surface area contributed by atoms with Crippen molar-refractivity contribution in [3.8, 4) is 0 Å². The van der Waals surface area contributed by atoms with E-state index in [1.165, 1.54) is 11.8 Å². The smallest absolute Gasteiger partial charge is 0.253 e. The minimum Gasteiger partial charge on any atom is -0.352 e. The molecule has 1 aliphatic heterocycles. The Hall–Kier alpha value is -2.80. The van der Waals surface area contributed by atoms with Crippen LogP contribution in [0.1, 0.15) is 23.7 Å². The number of anilines is 2. The fourth-order valence-corrected chi connectivity index (χ4v) is 3.81. The summed E-state index contributed by atoms with van der Waals surface area (Å²) in [4.78, 5) is 39.5. The van der Waals surface area contributed by atoms with E-state index in [-0.39, 0.29) is 24.1 Å². The second-order valence-electron chi connectivity index (χ2n) is 6.00. The van der Waals surface area contributed by atoms with E-state index in [4.69, 9.17) is 0 Å². The number of hydrogen-bond donors (Lipinski definition) is 2. The molecule has 3 amide bonds. The summed E-state index contributed by atoms with van der Waals surface area (Å²) in [5, 5.41) is 5.52. The molecule has 0 radical (unpaired) electrons. The number of para-hydroxylation sites is 2. The van der Waals surface area contributed by atoms with Gasteiger partial charge in [-0.25, -0.2) is 0 Å². The topological polar surface area (TPSA) is 78.5 Å². The zero-order valence-electron chi connectivity index (χ0n) is 15.0. The predicted molar refractivity (Wildman–Crippen MR) is 107 cm³/mol. The molecule has 27 heavy (non-hydrogen) atoms. The number of thioether (sulfide) groups is 1. The van der Waals surface area contributed by atoms with Gasteiger partial charge in [-0.2, -0.15) is 0 Å². The van der Waals surface area contributed by atoms with Crippen LogP contribution in [0, 0.1) is 0 Å². The summed E-state index contributed by atoms with van der Waals surface area (Å²) in [6.07, 6.45) is 0.147. The Labute approximate surface area is 162 Å². The van der Waals surface area contributed by atoms with Gasteiger partial charge in [0, 0.05) is 24.4 Å². The molecule has 0 unspecified atom stereocenters. The minimum atomic E-state index is -0.241. The summed E-state index contributed by atoms with van der Waals surface area (Å²) in [6.45, 7) is 2.64. The third-order valence-electron chi connectivity index (χ3n) is 4.15. The first-order valence-corrected chi connectivity index (χ1v) is 9.78. The van der Waals surface area contributed by atoms with E-state index in [2.05, 4.69) is 10.6 Å². The van der Waals surface area contributed by atoms with Gasteiger partial charge in [-0.15, -0.1) is 11.8 Å². The summed E-state index contributed by atoms with van der Waals surface area (Å²) < 4.78 is 0. The zero-order chi connectivity index (χ0) is 19.2. The molecule has 0 saturated heterocycles. The first-order valence-electron chi connectivity index (χ1n) is 8.79. The van der Waals surface area contributed by atoms with Gasteiger partial charge in [-0.3, -0.25) is 14.4 Å². The van der Waals surface area contributed by atoms with Crippen molar-refractivity contribution < 1.29 is 14.4 Å². The maximum Gasteiger partial charge on any atom is 0.253 e. The van der Waals surface area contributed by atoms with Crippen molar-refractivity contribution in [2.75, 3.05) is 29.1 Å². The van der Waals surface area contributed by atoms with Crippen molar-refractivity contribution in [2.24, 2.45) is 0 Å². The van der Waals surface area contributed by atoms with E-state index in [0.29, 0.717) is 30.1 Å². The number of fused-ring (bicyclic) bond motifs is 1. The van der Waals surface area contributed by atoms with Gasteiger partial charge in [0.25, 0.3) is 5.91 Å². The van der Waals surface area contributed by atoms with Crippen LogP contribution in [0.2, 0.25) is 0 Å². The lowest BCUT2D eigenvalue weighted by atomic mass is 10.1. The Balaban J connectivity index is 1.66. The van der Waals surface area contributed by atoms with Crippen LogP contribution in [0.15, 0.2) is 53.4 Å². The van der Waals surface area contributed by atoms with Crippen molar-refractivity contribution in [3.63, 3.8) is 0 Å². The quantitative estimate of drug-likeness (QED) is 0.804. The molecule has 140 valence electrons. The molecule has 0 atom stereocenters. The van der Waals surface area contributed by atoms with Crippen molar-refractivity contribution in [3.05, 3.63) is 54.1 Å². The number of carbonyl (C=O) groups excluding carboxylic acids is 3. The Bertz CT molecular complexity index is 869. The highest BCUT2D eigenvalue weighted by atomic mass is 32.2. The molecule has 3 rings (SSSR count). The molecule has 2 aromatic rings. The molecule has 0 bridgehead atoms. The van der Waals surface area contributed by atoms with E-state index in [9.17, 15) is 14.4 Å². The number of nitrogens with zero attached hydrogens (tertiary/aromatic N) is 1. The summed E-state index contributed by atoms with van der Waals surface area (Å²) in [6, 6.07) is 14.6. The van der Waals surface area contributed by atoms with E-state index < -0.39 is 0 Å². The third-order valence-corrected chi connectivity index (χ3v) is 5.20. The molecule has 0 aliphatic carbocycles. The van der Waals surface area contributed by atoms with Gasteiger partial charge in [0.2, 0.25) is 11.8 Å². The highest BCUT2D eigenvalue weighted by Gasteiger charge is 2.24. The van der Waals surface area contributed by atoms with E-state index in [1.807, 2.05) is 31.2 Å². The number of amides is 3. The second kappa shape index (κ2) is 8.73. The van der Waals surface area contributed by atoms with Crippen molar-refractivity contribution in [2.45, 2.75) is 18.2 Å².